The summed E-state index contributed by atoms with van der Waals surface area (Å²) in [6, 6.07) is 13.2. The molecule has 7 heteroatoms. The number of rotatable bonds is 3. The van der Waals surface area contributed by atoms with E-state index in [1.807, 2.05) is 47.4 Å². The molecule has 0 radical (unpaired) electrons. The largest absolute Gasteiger partial charge is 0.353 e. The third-order valence-corrected chi connectivity index (χ3v) is 4.46. The Hall–Kier alpha value is -3.22. The van der Waals surface area contributed by atoms with Crippen molar-refractivity contribution in [3.8, 4) is 11.5 Å². The van der Waals surface area contributed by atoms with Gasteiger partial charge in [-0.05, 0) is 31.2 Å². The third kappa shape index (κ3) is 3.15. The zero-order valence-corrected chi connectivity index (χ0v) is 14.5. The van der Waals surface area contributed by atoms with Gasteiger partial charge in [-0.2, -0.15) is 4.98 Å². The minimum Gasteiger partial charge on any atom is -0.353 e. The molecule has 7 nitrogen and oxygen atoms in total. The summed E-state index contributed by atoms with van der Waals surface area (Å²) in [5, 5.41) is 3.82. The first-order valence-electron chi connectivity index (χ1n) is 8.57. The van der Waals surface area contributed by atoms with Gasteiger partial charge in [0.25, 0.3) is 11.8 Å². The van der Waals surface area contributed by atoms with Crippen LogP contribution in [0.2, 0.25) is 0 Å². The first-order chi connectivity index (χ1) is 12.7. The Morgan fingerprint density at radius 2 is 1.81 bits per heavy atom. The van der Waals surface area contributed by atoms with E-state index in [0.717, 1.165) is 18.9 Å². The van der Waals surface area contributed by atoms with Crippen LogP contribution in [0.5, 0.6) is 0 Å². The van der Waals surface area contributed by atoms with Crippen LogP contribution in [-0.2, 0) is 0 Å². The second-order valence-electron chi connectivity index (χ2n) is 6.16. The van der Waals surface area contributed by atoms with Gasteiger partial charge in [0.15, 0.2) is 5.82 Å². The fourth-order valence-electron chi connectivity index (χ4n) is 3.11. The highest BCUT2D eigenvalue weighted by molar-refractivity contribution is 6.00. The van der Waals surface area contributed by atoms with Crippen LogP contribution in [0.25, 0.3) is 11.5 Å². The van der Waals surface area contributed by atoms with Crippen molar-refractivity contribution in [3.63, 3.8) is 0 Å². The molecular weight excluding hydrogens is 330 g/mol. The van der Waals surface area contributed by atoms with Crippen LogP contribution >= 0.6 is 0 Å². The summed E-state index contributed by atoms with van der Waals surface area (Å²) in [5.41, 5.74) is 1.26. The van der Waals surface area contributed by atoms with Gasteiger partial charge in [-0.15, -0.1) is 0 Å². The number of pyridine rings is 1. The van der Waals surface area contributed by atoms with Gasteiger partial charge in [0.05, 0.1) is 11.1 Å². The fraction of sp³-hybridized carbons (Fsp3) is 0.263. The molecule has 0 unspecified atom stereocenters. The van der Waals surface area contributed by atoms with E-state index in [1.54, 1.807) is 13.1 Å². The summed E-state index contributed by atoms with van der Waals surface area (Å²) in [6.07, 6.45) is 1.79. The van der Waals surface area contributed by atoms with Crippen LogP contribution in [0.15, 0.2) is 53.2 Å². The van der Waals surface area contributed by atoms with Gasteiger partial charge < -0.3 is 14.3 Å². The van der Waals surface area contributed by atoms with Crippen LogP contribution in [0.3, 0.4) is 0 Å². The molecule has 0 N–H and O–H groups in total. The number of anilines is 1. The summed E-state index contributed by atoms with van der Waals surface area (Å²) >= 11 is 0. The topological polar surface area (TPSA) is 75.4 Å². The third-order valence-electron chi connectivity index (χ3n) is 4.46. The van der Waals surface area contributed by atoms with Crippen LogP contribution in [0.1, 0.15) is 16.2 Å². The Morgan fingerprint density at radius 1 is 1.04 bits per heavy atom. The van der Waals surface area contributed by atoms with E-state index in [9.17, 15) is 4.79 Å². The van der Waals surface area contributed by atoms with E-state index < -0.39 is 0 Å². The highest BCUT2D eigenvalue weighted by Crippen LogP contribution is 2.24. The van der Waals surface area contributed by atoms with Gasteiger partial charge in [-0.3, -0.25) is 4.79 Å². The number of aryl methyl sites for hydroxylation is 1. The van der Waals surface area contributed by atoms with Crippen molar-refractivity contribution in [3.05, 3.63) is 60.0 Å². The number of benzene rings is 1. The molecule has 0 spiro atoms. The molecule has 3 aromatic rings. The van der Waals surface area contributed by atoms with Gasteiger partial charge in [0.1, 0.15) is 5.82 Å². The summed E-state index contributed by atoms with van der Waals surface area (Å²) < 4.78 is 5.26. The summed E-state index contributed by atoms with van der Waals surface area (Å²) in [4.78, 5) is 25.7. The van der Waals surface area contributed by atoms with Crippen molar-refractivity contribution in [1.29, 1.82) is 0 Å². The van der Waals surface area contributed by atoms with Crippen LogP contribution in [-0.4, -0.2) is 52.1 Å². The zero-order chi connectivity index (χ0) is 17.9. The zero-order valence-electron chi connectivity index (χ0n) is 14.5. The minimum atomic E-state index is -0.0166. The van der Waals surface area contributed by atoms with E-state index in [2.05, 4.69) is 20.0 Å². The van der Waals surface area contributed by atoms with Crippen molar-refractivity contribution in [2.24, 2.45) is 0 Å². The van der Waals surface area contributed by atoms with Gasteiger partial charge in [0, 0.05) is 32.4 Å². The Kier molecular flexibility index (Phi) is 4.35. The van der Waals surface area contributed by atoms with Crippen molar-refractivity contribution >= 4 is 11.7 Å². The molecule has 3 heterocycles. The van der Waals surface area contributed by atoms with E-state index >= 15 is 0 Å². The van der Waals surface area contributed by atoms with Crippen LogP contribution < -0.4 is 4.90 Å². The number of carbonyl (C=O) groups is 1. The Morgan fingerprint density at radius 3 is 2.50 bits per heavy atom. The first kappa shape index (κ1) is 16.3. The van der Waals surface area contributed by atoms with Crippen molar-refractivity contribution in [2.75, 3.05) is 31.1 Å². The SMILES string of the molecule is Cc1noc(-c2ccccc2C(=O)N2CCN(c3ccccn3)CC2)n1. The first-order valence-corrected chi connectivity index (χ1v) is 8.57. The van der Waals surface area contributed by atoms with E-state index in [0.29, 0.717) is 35.9 Å². The molecule has 0 atom stereocenters. The number of hydrogen-bond acceptors (Lipinski definition) is 6. The monoisotopic (exact) mass is 349 g/mol. The van der Waals surface area contributed by atoms with Gasteiger partial charge in [0.2, 0.25) is 0 Å². The standard InChI is InChI=1S/C19H19N5O2/c1-14-21-18(26-22-14)15-6-2-3-7-16(15)19(25)24-12-10-23(11-13-24)17-8-4-5-9-20-17/h2-9H,10-13H2,1H3. The predicted molar refractivity (Wildman–Crippen MR) is 96.8 cm³/mol. The van der Waals surface area contributed by atoms with E-state index in [4.69, 9.17) is 4.52 Å². The molecule has 132 valence electrons. The Labute approximate surface area is 151 Å². The lowest BCUT2D eigenvalue weighted by Gasteiger charge is -2.35. The molecule has 1 aliphatic heterocycles. The van der Waals surface area contributed by atoms with E-state index in [1.165, 1.54) is 0 Å². The van der Waals surface area contributed by atoms with Gasteiger partial charge in [-0.1, -0.05) is 23.4 Å². The van der Waals surface area contributed by atoms with Gasteiger partial charge in [-0.25, -0.2) is 4.98 Å². The van der Waals surface area contributed by atoms with Crippen molar-refractivity contribution < 1.29 is 9.32 Å². The average Bonchev–Trinajstić information content (AvgIpc) is 3.14. The lowest BCUT2D eigenvalue weighted by molar-refractivity contribution is 0.0747. The number of piperazine rings is 1. The lowest BCUT2D eigenvalue weighted by Crippen LogP contribution is -2.49. The maximum atomic E-state index is 13.0. The number of amides is 1. The minimum absolute atomic E-state index is 0.0166. The average molecular weight is 349 g/mol. The molecule has 2 aromatic heterocycles. The van der Waals surface area contributed by atoms with Crippen LogP contribution in [0, 0.1) is 6.92 Å². The quantitative estimate of drug-likeness (QED) is 0.723. The molecule has 1 saturated heterocycles. The molecule has 0 aliphatic carbocycles. The normalized spacial score (nSPS) is 14.5. The number of hydrogen-bond donors (Lipinski definition) is 0. The molecule has 4 rings (SSSR count). The highest BCUT2D eigenvalue weighted by Gasteiger charge is 2.25. The Bertz CT molecular complexity index is 901. The molecule has 1 aliphatic rings. The number of carbonyl (C=O) groups excluding carboxylic acids is 1. The number of aromatic nitrogens is 3. The van der Waals surface area contributed by atoms with E-state index in [-0.39, 0.29) is 5.91 Å². The maximum Gasteiger partial charge on any atom is 0.258 e. The summed E-state index contributed by atoms with van der Waals surface area (Å²) in [6.45, 7) is 4.56. The molecule has 26 heavy (non-hydrogen) atoms. The molecule has 1 amide bonds. The molecule has 0 saturated carbocycles. The van der Waals surface area contributed by atoms with Crippen LogP contribution in [0.4, 0.5) is 5.82 Å². The number of nitrogens with zero attached hydrogens (tertiary/aromatic N) is 5. The second-order valence-corrected chi connectivity index (χ2v) is 6.16. The fourth-order valence-corrected chi connectivity index (χ4v) is 3.11. The highest BCUT2D eigenvalue weighted by atomic mass is 16.5. The predicted octanol–water partition coefficient (Wildman–Crippen LogP) is 2.40. The second kappa shape index (κ2) is 6.95. The smallest absolute Gasteiger partial charge is 0.258 e. The summed E-state index contributed by atoms with van der Waals surface area (Å²) in [5.74, 6) is 1.85. The summed E-state index contributed by atoms with van der Waals surface area (Å²) in [7, 11) is 0. The van der Waals surface area contributed by atoms with Crippen molar-refractivity contribution in [1.82, 2.24) is 20.0 Å². The van der Waals surface area contributed by atoms with Crippen molar-refractivity contribution in [2.45, 2.75) is 6.92 Å². The maximum absolute atomic E-state index is 13.0. The van der Waals surface area contributed by atoms with Gasteiger partial charge >= 0.3 is 0 Å². The molecule has 0 bridgehead atoms. The molecule has 1 aromatic carbocycles. The molecule has 1 fully saturated rings. The Balaban J connectivity index is 1.51. The molecular formula is C19H19N5O2. The lowest BCUT2D eigenvalue weighted by atomic mass is 10.1.